The van der Waals surface area contributed by atoms with E-state index in [-0.39, 0.29) is 29.3 Å². The van der Waals surface area contributed by atoms with Crippen LogP contribution >= 0.6 is 23.2 Å². The van der Waals surface area contributed by atoms with E-state index in [4.69, 9.17) is 33.7 Å². The lowest BCUT2D eigenvalue weighted by Crippen LogP contribution is -2.47. The molecule has 1 aliphatic heterocycles. The first-order chi connectivity index (χ1) is 12.0. The number of fused-ring (bicyclic) bond motifs is 1. The number of piperidine rings is 1. The molecule has 0 aromatic heterocycles. The standard InChI is InChI=1S/C19H24Cl2N2O3/c1-17(2,3)26-16(25)23-7-6-19(10-18(19,11-23)9-15(22)24)12-4-5-13(20)14(21)8-12/h4-5,8H,6-7,9-11H2,1-3H3,(H2,22,24). The molecule has 7 heteroatoms. The molecule has 1 heterocycles. The third-order valence-corrected chi connectivity index (χ3v) is 6.21. The van der Waals surface area contributed by atoms with Crippen molar-refractivity contribution >= 4 is 35.2 Å². The van der Waals surface area contributed by atoms with E-state index in [1.807, 2.05) is 32.9 Å². The van der Waals surface area contributed by atoms with Crippen molar-refractivity contribution in [2.75, 3.05) is 13.1 Å². The van der Waals surface area contributed by atoms with Gasteiger partial charge in [0, 0.05) is 30.3 Å². The van der Waals surface area contributed by atoms with Crippen LogP contribution in [0.1, 0.15) is 45.6 Å². The zero-order valence-electron chi connectivity index (χ0n) is 15.3. The van der Waals surface area contributed by atoms with Gasteiger partial charge < -0.3 is 15.4 Å². The fourth-order valence-electron chi connectivity index (χ4n) is 4.31. The molecular formula is C19H24Cl2N2O3. The molecule has 142 valence electrons. The molecule has 2 amide bonds. The minimum atomic E-state index is -0.560. The number of carbonyl (C=O) groups excluding carboxylic acids is 2. The van der Waals surface area contributed by atoms with Crippen LogP contribution in [0.15, 0.2) is 18.2 Å². The van der Waals surface area contributed by atoms with Crippen LogP contribution in [0.2, 0.25) is 10.0 Å². The maximum Gasteiger partial charge on any atom is 0.410 e. The Kier molecular flexibility index (Phi) is 4.68. The van der Waals surface area contributed by atoms with Crippen molar-refractivity contribution in [1.82, 2.24) is 4.90 Å². The van der Waals surface area contributed by atoms with Crippen molar-refractivity contribution in [2.45, 2.75) is 51.0 Å². The number of hydrogen-bond acceptors (Lipinski definition) is 3. The Balaban J connectivity index is 1.87. The number of primary amides is 1. The predicted octanol–water partition coefficient (Wildman–Crippen LogP) is 4.14. The second-order valence-corrected chi connectivity index (χ2v) is 9.28. The average Bonchev–Trinajstić information content (AvgIpc) is 3.15. The number of amides is 2. The number of rotatable bonds is 3. The highest BCUT2D eigenvalue weighted by Gasteiger charge is 2.70. The van der Waals surface area contributed by atoms with Gasteiger partial charge in [-0.1, -0.05) is 29.3 Å². The van der Waals surface area contributed by atoms with Crippen molar-refractivity contribution < 1.29 is 14.3 Å². The number of hydrogen-bond donors (Lipinski definition) is 1. The molecule has 1 saturated carbocycles. The van der Waals surface area contributed by atoms with Crippen molar-refractivity contribution in [2.24, 2.45) is 11.1 Å². The Bertz CT molecular complexity index is 762. The van der Waals surface area contributed by atoms with E-state index in [9.17, 15) is 9.59 Å². The lowest BCUT2D eigenvalue weighted by atomic mass is 9.78. The molecule has 3 rings (SSSR count). The van der Waals surface area contributed by atoms with Crippen LogP contribution in [0.4, 0.5) is 4.79 Å². The topological polar surface area (TPSA) is 72.6 Å². The van der Waals surface area contributed by atoms with Gasteiger partial charge in [-0.15, -0.1) is 0 Å². The van der Waals surface area contributed by atoms with E-state index in [0.717, 1.165) is 18.4 Å². The minimum absolute atomic E-state index is 0.200. The van der Waals surface area contributed by atoms with Crippen LogP contribution in [0.3, 0.4) is 0 Å². The molecule has 1 aromatic carbocycles. The van der Waals surface area contributed by atoms with Gasteiger partial charge in [-0.25, -0.2) is 4.79 Å². The SMILES string of the molecule is CC(C)(C)OC(=O)N1CCC2(c3ccc(Cl)c(Cl)c3)CC2(CC(N)=O)C1. The first-order valence-corrected chi connectivity index (χ1v) is 9.45. The van der Waals surface area contributed by atoms with Crippen LogP contribution < -0.4 is 5.73 Å². The highest BCUT2D eigenvalue weighted by atomic mass is 35.5. The third kappa shape index (κ3) is 3.39. The monoisotopic (exact) mass is 398 g/mol. The summed E-state index contributed by atoms with van der Waals surface area (Å²) in [5.74, 6) is -0.363. The summed E-state index contributed by atoms with van der Waals surface area (Å²) in [7, 11) is 0. The van der Waals surface area contributed by atoms with E-state index < -0.39 is 5.60 Å². The Hall–Kier alpha value is -1.46. The quantitative estimate of drug-likeness (QED) is 0.831. The third-order valence-electron chi connectivity index (χ3n) is 5.47. The highest BCUT2D eigenvalue weighted by Crippen LogP contribution is 2.70. The number of benzene rings is 1. The fourth-order valence-corrected chi connectivity index (χ4v) is 4.61. The van der Waals surface area contributed by atoms with Crippen LogP contribution in [0.25, 0.3) is 0 Å². The van der Waals surface area contributed by atoms with E-state index >= 15 is 0 Å². The summed E-state index contributed by atoms with van der Waals surface area (Å²) in [6.07, 6.45) is 1.40. The van der Waals surface area contributed by atoms with Crippen LogP contribution in [-0.2, 0) is 14.9 Å². The molecule has 1 aliphatic carbocycles. The van der Waals surface area contributed by atoms with Gasteiger partial charge in [-0.05, 0) is 51.3 Å². The van der Waals surface area contributed by atoms with Gasteiger partial charge in [0.2, 0.25) is 5.91 Å². The second kappa shape index (κ2) is 6.31. The maximum absolute atomic E-state index is 12.5. The molecular weight excluding hydrogens is 375 g/mol. The minimum Gasteiger partial charge on any atom is -0.444 e. The molecule has 1 aromatic rings. The van der Waals surface area contributed by atoms with Gasteiger partial charge in [-0.3, -0.25) is 4.79 Å². The van der Waals surface area contributed by atoms with Crippen LogP contribution in [0, 0.1) is 5.41 Å². The largest absolute Gasteiger partial charge is 0.444 e. The molecule has 2 aliphatic rings. The molecule has 2 fully saturated rings. The fraction of sp³-hybridized carbons (Fsp3) is 0.579. The van der Waals surface area contributed by atoms with E-state index in [0.29, 0.717) is 23.1 Å². The van der Waals surface area contributed by atoms with Gasteiger partial charge in [0.1, 0.15) is 5.60 Å². The summed E-state index contributed by atoms with van der Waals surface area (Å²) in [6, 6.07) is 5.61. The zero-order valence-corrected chi connectivity index (χ0v) is 16.8. The Morgan fingerprint density at radius 1 is 1.27 bits per heavy atom. The van der Waals surface area contributed by atoms with E-state index in [1.165, 1.54) is 0 Å². The van der Waals surface area contributed by atoms with Crippen LogP contribution in [0.5, 0.6) is 0 Å². The first-order valence-electron chi connectivity index (χ1n) is 8.70. The number of carbonyl (C=O) groups is 2. The van der Waals surface area contributed by atoms with E-state index in [1.54, 1.807) is 11.0 Å². The van der Waals surface area contributed by atoms with Gasteiger partial charge in [0.05, 0.1) is 10.0 Å². The van der Waals surface area contributed by atoms with Crippen LogP contribution in [-0.4, -0.2) is 35.6 Å². The van der Waals surface area contributed by atoms with Crippen molar-refractivity contribution in [3.8, 4) is 0 Å². The predicted molar refractivity (Wildman–Crippen MR) is 101 cm³/mol. The number of likely N-dealkylation sites (tertiary alicyclic amines) is 1. The summed E-state index contributed by atoms with van der Waals surface area (Å²) in [5, 5.41) is 0.993. The summed E-state index contributed by atoms with van der Waals surface area (Å²) < 4.78 is 5.50. The smallest absolute Gasteiger partial charge is 0.410 e. The lowest BCUT2D eigenvalue weighted by Gasteiger charge is -2.38. The molecule has 2 atom stereocenters. The summed E-state index contributed by atoms with van der Waals surface area (Å²) in [5.41, 5.74) is 5.45. The van der Waals surface area contributed by atoms with Gasteiger partial charge in [0.25, 0.3) is 0 Å². The Morgan fingerprint density at radius 2 is 1.96 bits per heavy atom. The molecule has 0 bridgehead atoms. The molecule has 1 saturated heterocycles. The molecule has 2 N–H and O–H groups in total. The number of nitrogens with zero attached hydrogens (tertiary/aromatic N) is 1. The zero-order chi connectivity index (χ0) is 19.3. The number of ether oxygens (including phenoxy) is 1. The highest BCUT2D eigenvalue weighted by molar-refractivity contribution is 6.42. The van der Waals surface area contributed by atoms with Crippen molar-refractivity contribution in [1.29, 1.82) is 0 Å². The van der Waals surface area contributed by atoms with E-state index in [2.05, 4.69) is 0 Å². The summed E-state index contributed by atoms with van der Waals surface area (Å²) in [4.78, 5) is 25.9. The Morgan fingerprint density at radius 3 is 2.54 bits per heavy atom. The number of halogens is 2. The van der Waals surface area contributed by atoms with Gasteiger partial charge >= 0.3 is 6.09 Å². The summed E-state index contributed by atoms with van der Waals surface area (Å²) >= 11 is 12.3. The normalized spacial score (nSPS) is 27.7. The lowest BCUT2D eigenvalue weighted by molar-refractivity contribution is -0.119. The molecule has 0 radical (unpaired) electrons. The van der Waals surface area contributed by atoms with Gasteiger partial charge in [0.15, 0.2) is 0 Å². The summed E-state index contributed by atoms with van der Waals surface area (Å²) in [6.45, 7) is 6.53. The first kappa shape index (κ1) is 19.3. The van der Waals surface area contributed by atoms with Crippen molar-refractivity contribution in [3.63, 3.8) is 0 Å². The second-order valence-electron chi connectivity index (χ2n) is 8.46. The molecule has 2 unspecified atom stereocenters. The van der Waals surface area contributed by atoms with Crippen molar-refractivity contribution in [3.05, 3.63) is 33.8 Å². The average molecular weight is 399 g/mol. The molecule has 0 spiro atoms. The van der Waals surface area contributed by atoms with Gasteiger partial charge in [-0.2, -0.15) is 0 Å². The molecule has 5 nitrogen and oxygen atoms in total. The molecule has 26 heavy (non-hydrogen) atoms. The maximum atomic E-state index is 12.5. The number of nitrogens with two attached hydrogens (primary N) is 1. The Labute approximate surface area is 163 Å².